The summed E-state index contributed by atoms with van der Waals surface area (Å²) in [6.45, 7) is 7.61. The molecule has 1 aromatic heterocycles. The van der Waals surface area contributed by atoms with Gasteiger partial charge in [-0.15, -0.1) is 16.8 Å². The predicted molar refractivity (Wildman–Crippen MR) is 127 cm³/mol. The van der Waals surface area contributed by atoms with E-state index in [9.17, 15) is 5.11 Å². The number of halogens is 1. The highest BCUT2D eigenvalue weighted by Crippen LogP contribution is 2.31. The number of aromatic hydroxyl groups is 1. The molecule has 7 heteroatoms. The summed E-state index contributed by atoms with van der Waals surface area (Å²) in [5.74, 6) is 2.59. The van der Waals surface area contributed by atoms with Crippen molar-refractivity contribution >= 4 is 23.4 Å². The number of rotatable bonds is 8. The second-order valence-corrected chi connectivity index (χ2v) is 9.25. The zero-order valence-electron chi connectivity index (χ0n) is 17.5. The van der Waals surface area contributed by atoms with Crippen LogP contribution in [0.25, 0.3) is 0 Å². The predicted octanol–water partition coefficient (Wildman–Crippen LogP) is 5.50. The van der Waals surface area contributed by atoms with Gasteiger partial charge in [0.2, 0.25) is 0 Å². The lowest BCUT2D eigenvalue weighted by atomic mass is 9.95. The summed E-state index contributed by atoms with van der Waals surface area (Å²) >= 11 is 7.80. The molecule has 1 N–H and O–H groups in total. The first kappa shape index (κ1) is 21.9. The molecule has 4 rings (SSSR count). The summed E-state index contributed by atoms with van der Waals surface area (Å²) in [6, 6.07) is 15.4. The minimum absolute atomic E-state index is 0.313. The van der Waals surface area contributed by atoms with Crippen molar-refractivity contribution in [1.82, 2.24) is 19.7 Å². The van der Waals surface area contributed by atoms with Gasteiger partial charge in [0.15, 0.2) is 5.16 Å². The molecule has 0 spiro atoms. The largest absolute Gasteiger partial charge is 0.508 e. The topological polar surface area (TPSA) is 54.2 Å². The fourth-order valence-electron chi connectivity index (χ4n) is 3.99. The van der Waals surface area contributed by atoms with Crippen molar-refractivity contribution < 1.29 is 5.11 Å². The van der Waals surface area contributed by atoms with Crippen LogP contribution in [0.1, 0.15) is 35.7 Å². The van der Waals surface area contributed by atoms with E-state index in [2.05, 4.69) is 32.3 Å². The Morgan fingerprint density at radius 2 is 1.87 bits per heavy atom. The maximum absolute atomic E-state index is 9.47. The summed E-state index contributed by atoms with van der Waals surface area (Å²) in [4.78, 5) is 2.46. The van der Waals surface area contributed by atoms with Gasteiger partial charge in [-0.3, -0.25) is 4.90 Å². The quantitative estimate of drug-likeness (QED) is 0.360. The SMILES string of the molecule is C=CCn1c(SCc2cccc(Cl)c2)nnc1C1CCN(Cc2ccc(O)cc2)CC1. The number of phenolic OH excluding ortho intramolecular Hbond substituents is 1. The molecule has 2 aromatic carbocycles. The summed E-state index contributed by atoms with van der Waals surface area (Å²) in [7, 11) is 0. The second kappa shape index (κ2) is 10.4. The fourth-order valence-corrected chi connectivity index (χ4v) is 5.10. The number of allylic oxidation sites excluding steroid dienone is 1. The smallest absolute Gasteiger partial charge is 0.191 e. The van der Waals surface area contributed by atoms with E-state index < -0.39 is 0 Å². The Kier molecular flexibility index (Phi) is 7.33. The molecule has 31 heavy (non-hydrogen) atoms. The third-order valence-corrected chi connectivity index (χ3v) is 6.88. The van der Waals surface area contributed by atoms with E-state index in [4.69, 9.17) is 11.6 Å². The number of aromatic nitrogens is 3. The summed E-state index contributed by atoms with van der Waals surface area (Å²) in [5.41, 5.74) is 2.40. The summed E-state index contributed by atoms with van der Waals surface area (Å²) < 4.78 is 2.21. The van der Waals surface area contributed by atoms with Gasteiger partial charge in [-0.05, 0) is 61.3 Å². The highest BCUT2D eigenvalue weighted by molar-refractivity contribution is 7.98. The molecule has 3 aromatic rings. The molecular formula is C24H27ClN4OS. The second-order valence-electron chi connectivity index (χ2n) is 7.88. The van der Waals surface area contributed by atoms with Crippen molar-refractivity contribution in [3.63, 3.8) is 0 Å². The molecule has 0 unspecified atom stereocenters. The molecule has 2 heterocycles. The van der Waals surface area contributed by atoms with Gasteiger partial charge in [0.05, 0.1) is 0 Å². The molecule has 1 saturated heterocycles. The first-order valence-electron chi connectivity index (χ1n) is 10.5. The van der Waals surface area contributed by atoms with E-state index in [0.29, 0.717) is 18.2 Å². The Bertz CT molecular complexity index is 1010. The molecule has 0 bridgehead atoms. The zero-order valence-corrected chi connectivity index (χ0v) is 19.0. The van der Waals surface area contributed by atoms with Crippen LogP contribution < -0.4 is 0 Å². The van der Waals surface area contributed by atoms with Gasteiger partial charge in [-0.2, -0.15) is 0 Å². The molecular weight excluding hydrogens is 428 g/mol. The lowest BCUT2D eigenvalue weighted by Gasteiger charge is -2.31. The number of piperidine rings is 1. The molecule has 162 valence electrons. The first-order chi connectivity index (χ1) is 15.1. The zero-order chi connectivity index (χ0) is 21.6. The number of nitrogens with zero attached hydrogens (tertiary/aromatic N) is 4. The van der Waals surface area contributed by atoms with Crippen LogP contribution >= 0.6 is 23.4 Å². The van der Waals surface area contributed by atoms with Crippen LogP contribution in [0.3, 0.4) is 0 Å². The Balaban J connectivity index is 1.39. The van der Waals surface area contributed by atoms with Crippen molar-refractivity contribution in [2.45, 2.75) is 42.8 Å². The number of hydrogen-bond acceptors (Lipinski definition) is 5. The van der Waals surface area contributed by atoms with E-state index in [-0.39, 0.29) is 0 Å². The molecule has 0 radical (unpaired) electrons. The highest BCUT2D eigenvalue weighted by Gasteiger charge is 2.26. The molecule has 0 saturated carbocycles. The Hall–Kier alpha value is -2.28. The Morgan fingerprint density at radius 1 is 1.10 bits per heavy atom. The van der Waals surface area contributed by atoms with Crippen LogP contribution in [-0.4, -0.2) is 37.9 Å². The normalized spacial score (nSPS) is 15.3. The van der Waals surface area contributed by atoms with Crippen molar-refractivity contribution in [3.8, 4) is 5.75 Å². The maximum Gasteiger partial charge on any atom is 0.191 e. The van der Waals surface area contributed by atoms with Gasteiger partial charge in [0.25, 0.3) is 0 Å². The maximum atomic E-state index is 9.47. The number of phenols is 1. The third-order valence-electron chi connectivity index (χ3n) is 5.61. The fraction of sp³-hybridized carbons (Fsp3) is 0.333. The highest BCUT2D eigenvalue weighted by atomic mass is 35.5. The van der Waals surface area contributed by atoms with Gasteiger partial charge in [-0.25, -0.2) is 0 Å². The first-order valence-corrected chi connectivity index (χ1v) is 11.9. The minimum Gasteiger partial charge on any atom is -0.508 e. The van der Waals surface area contributed by atoms with E-state index in [0.717, 1.165) is 54.2 Å². The lowest BCUT2D eigenvalue weighted by molar-refractivity contribution is 0.200. The van der Waals surface area contributed by atoms with Crippen LogP contribution in [0.2, 0.25) is 5.02 Å². The number of likely N-dealkylation sites (tertiary alicyclic amines) is 1. The minimum atomic E-state index is 0.313. The van der Waals surface area contributed by atoms with Gasteiger partial charge < -0.3 is 9.67 Å². The van der Waals surface area contributed by atoms with E-state index in [1.54, 1.807) is 23.9 Å². The molecule has 0 aliphatic carbocycles. The molecule has 0 amide bonds. The monoisotopic (exact) mass is 454 g/mol. The van der Waals surface area contributed by atoms with E-state index in [1.165, 1.54) is 11.1 Å². The Labute approximate surface area is 192 Å². The number of thioether (sulfide) groups is 1. The average molecular weight is 455 g/mol. The Morgan fingerprint density at radius 3 is 2.58 bits per heavy atom. The lowest BCUT2D eigenvalue weighted by Crippen LogP contribution is -2.33. The van der Waals surface area contributed by atoms with Crippen LogP contribution in [0.15, 0.2) is 66.3 Å². The van der Waals surface area contributed by atoms with Gasteiger partial charge in [-0.1, -0.05) is 53.7 Å². The van der Waals surface area contributed by atoms with Crippen LogP contribution in [0, 0.1) is 0 Å². The van der Waals surface area contributed by atoms with Crippen molar-refractivity contribution in [1.29, 1.82) is 0 Å². The molecule has 0 atom stereocenters. The molecule has 1 aliphatic heterocycles. The van der Waals surface area contributed by atoms with Crippen LogP contribution in [0.4, 0.5) is 0 Å². The summed E-state index contributed by atoms with van der Waals surface area (Å²) in [6.07, 6.45) is 4.04. The van der Waals surface area contributed by atoms with Crippen LogP contribution in [0.5, 0.6) is 5.75 Å². The van der Waals surface area contributed by atoms with Gasteiger partial charge in [0.1, 0.15) is 11.6 Å². The molecule has 1 aliphatic rings. The van der Waals surface area contributed by atoms with E-state index in [1.807, 2.05) is 36.4 Å². The standard InChI is InChI=1S/C24H27ClN4OS/c1-2-12-29-23(26-27-24(29)31-17-19-4-3-5-21(25)15-19)20-10-13-28(14-11-20)16-18-6-8-22(30)9-7-18/h2-9,15,20,30H,1,10-14,16-17H2. The average Bonchev–Trinajstić information content (AvgIpc) is 3.17. The van der Waals surface area contributed by atoms with Crippen LogP contribution in [-0.2, 0) is 18.8 Å². The third kappa shape index (κ3) is 5.70. The van der Waals surface area contributed by atoms with Crippen molar-refractivity contribution in [3.05, 3.63) is 83.2 Å². The van der Waals surface area contributed by atoms with Crippen molar-refractivity contribution in [2.75, 3.05) is 13.1 Å². The molecule has 1 fully saturated rings. The molecule has 5 nitrogen and oxygen atoms in total. The van der Waals surface area contributed by atoms with Gasteiger partial charge >= 0.3 is 0 Å². The van der Waals surface area contributed by atoms with E-state index >= 15 is 0 Å². The number of benzene rings is 2. The summed E-state index contributed by atoms with van der Waals surface area (Å²) in [5, 5.41) is 20.2. The van der Waals surface area contributed by atoms with Gasteiger partial charge in [0, 0.05) is 29.8 Å². The number of hydrogen-bond donors (Lipinski definition) is 1. The van der Waals surface area contributed by atoms with Crippen molar-refractivity contribution in [2.24, 2.45) is 0 Å².